The van der Waals surface area contributed by atoms with Gasteiger partial charge in [-0.15, -0.1) is 0 Å². The minimum absolute atomic E-state index is 0.0392. The number of hydrogen-bond acceptors (Lipinski definition) is 6. The third-order valence-electron chi connectivity index (χ3n) is 4.64. The number of esters is 3. The van der Waals surface area contributed by atoms with Crippen molar-refractivity contribution in [2.75, 3.05) is 20.8 Å². The average Bonchev–Trinajstić information content (AvgIpc) is 2.66. The molecule has 2 aliphatic rings. The van der Waals surface area contributed by atoms with Crippen LogP contribution in [0.3, 0.4) is 0 Å². The highest BCUT2D eigenvalue weighted by Crippen LogP contribution is 2.45. The van der Waals surface area contributed by atoms with E-state index in [0.717, 1.165) is 5.57 Å². The second-order valence-electron chi connectivity index (χ2n) is 5.97. The predicted octanol–water partition coefficient (Wildman–Crippen LogP) is 2.05. The third-order valence-corrected chi connectivity index (χ3v) is 4.64. The molecule has 3 rings (SSSR count). The van der Waals surface area contributed by atoms with E-state index in [1.54, 1.807) is 18.2 Å². The fraction of sp³-hybridized carbons (Fsp3) is 0.316. The smallest absolute Gasteiger partial charge is 0.339 e. The molecule has 1 aliphatic heterocycles. The van der Waals surface area contributed by atoms with Crippen molar-refractivity contribution in [2.45, 2.75) is 12.8 Å². The molecule has 0 amide bonds. The summed E-state index contributed by atoms with van der Waals surface area (Å²) in [4.78, 5) is 37.2. The van der Waals surface area contributed by atoms with Crippen LogP contribution in [0.1, 0.15) is 18.4 Å². The van der Waals surface area contributed by atoms with Gasteiger partial charge in [-0.05, 0) is 23.1 Å². The number of hydrogen-bond donors (Lipinski definition) is 0. The highest BCUT2D eigenvalue weighted by Gasteiger charge is 2.51. The van der Waals surface area contributed by atoms with E-state index in [-0.39, 0.29) is 19.4 Å². The minimum atomic E-state index is -1.49. The lowest BCUT2D eigenvalue weighted by Crippen LogP contribution is -2.44. The van der Waals surface area contributed by atoms with Gasteiger partial charge in [-0.3, -0.25) is 9.59 Å². The van der Waals surface area contributed by atoms with Gasteiger partial charge in [0.1, 0.15) is 6.61 Å². The summed E-state index contributed by atoms with van der Waals surface area (Å²) < 4.78 is 15.0. The van der Waals surface area contributed by atoms with Gasteiger partial charge < -0.3 is 14.2 Å². The SMILES string of the molecule is COC(=O)C1(C(=O)OC)CC=C2COC(=O)C(c3ccccc3)=C2C1. The molecule has 25 heavy (non-hydrogen) atoms. The highest BCUT2D eigenvalue weighted by molar-refractivity contribution is 6.19. The van der Waals surface area contributed by atoms with Crippen molar-refractivity contribution >= 4 is 23.5 Å². The number of fused-ring (bicyclic) bond motifs is 1. The van der Waals surface area contributed by atoms with Crippen molar-refractivity contribution < 1.29 is 28.6 Å². The number of allylic oxidation sites excluding steroid dienone is 1. The molecule has 0 saturated heterocycles. The summed E-state index contributed by atoms with van der Waals surface area (Å²) in [6.45, 7) is 0.128. The normalized spacial score (nSPS) is 18.6. The fourth-order valence-electron chi connectivity index (χ4n) is 3.32. The van der Waals surface area contributed by atoms with Crippen LogP contribution >= 0.6 is 0 Å². The van der Waals surface area contributed by atoms with Gasteiger partial charge in [0.2, 0.25) is 0 Å². The molecule has 0 saturated carbocycles. The Bertz CT molecular complexity index is 771. The molecule has 0 radical (unpaired) electrons. The van der Waals surface area contributed by atoms with Gasteiger partial charge in [-0.2, -0.15) is 0 Å². The molecule has 0 N–H and O–H groups in total. The van der Waals surface area contributed by atoms with Crippen LogP contribution in [0.5, 0.6) is 0 Å². The molecule has 0 bridgehead atoms. The maximum Gasteiger partial charge on any atom is 0.339 e. The molecule has 1 heterocycles. The molecule has 0 aromatic heterocycles. The van der Waals surface area contributed by atoms with Crippen LogP contribution in [0.4, 0.5) is 0 Å². The van der Waals surface area contributed by atoms with Gasteiger partial charge in [0, 0.05) is 6.42 Å². The molecule has 0 atom stereocenters. The first-order valence-corrected chi connectivity index (χ1v) is 7.85. The summed E-state index contributed by atoms with van der Waals surface area (Å²) in [6, 6.07) is 9.04. The topological polar surface area (TPSA) is 78.9 Å². The number of methoxy groups -OCH3 is 2. The summed E-state index contributed by atoms with van der Waals surface area (Å²) in [7, 11) is 2.46. The van der Waals surface area contributed by atoms with Crippen LogP contribution in [0.2, 0.25) is 0 Å². The summed E-state index contributed by atoms with van der Waals surface area (Å²) in [5.41, 5.74) is 1.000. The first kappa shape index (κ1) is 17.0. The minimum Gasteiger partial charge on any atom is -0.468 e. The van der Waals surface area contributed by atoms with E-state index in [1.807, 2.05) is 18.2 Å². The van der Waals surface area contributed by atoms with Crippen LogP contribution in [0.15, 0.2) is 47.6 Å². The van der Waals surface area contributed by atoms with E-state index in [0.29, 0.717) is 16.7 Å². The van der Waals surface area contributed by atoms with Crippen LogP contribution in [-0.4, -0.2) is 38.7 Å². The zero-order valence-corrected chi connectivity index (χ0v) is 14.0. The van der Waals surface area contributed by atoms with E-state index in [2.05, 4.69) is 0 Å². The molecule has 6 nitrogen and oxygen atoms in total. The Balaban J connectivity index is 2.18. The Labute approximate surface area is 145 Å². The molecule has 1 aromatic carbocycles. The van der Waals surface area contributed by atoms with E-state index in [1.165, 1.54) is 14.2 Å². The van der Waals surface area contributed by atoms with Gasteiger partial charge >= 0.3 is 17.9 Å². The predicted molar refractivity (Wildman–Crippen MR) is 88.1 cm³/mol. The summed E-state index contributed by atoms with van der Waals surface area (Å²) in [5, 5.41) is 0. The molecular formula is C19H18O6. The van der Waals surface area contributed by atoms with Gasteiger partial charge in [0.05, 0.1) is 19.8 Å². The largest absolute Gasteiger partial charge is 0.468 e. The van der Waals surface area contributed by atoms with Crippen LogP contribution < -0.4 is 0 Å². The molecule has 1 aromatic rings. The van der Waals surface area contributed by atoms with E-state index >= 15 is 0 Å². The first-order valence-electron chi connectivity index (χ1n) is 7.85. The zero-order valence-electron chi connectivity index (χ0n) is 14.0. The quantitative estimate of drug-likeness (QED) is 0.475. The first-order chi connectivity index (χ1) is 12.0. The number of benzene rings is 1. The van der Waals surface area contributed by atoms with Gasteiger partial charge in [-0.1, -0.05) is 36.4 Å². The third kappa shape index (κ3) is 2.73. The Kier molecular flexibility index (Phi) is 4.44. The highest BCUT2D eigenvalue weighted by atomic mass is 16.5. The zero-order chi connectivity index (χ0) is 18.0. The molecule has 1 aliphatic carbocycles. The van der Waals surface area contributed by atoms with Gasteiger partial charge in [0.25, 0.3) is 0 Å². The summed E-state index contributed by atoms with van der Waals surface area (Å²) in [5.74, 6) is -1.81. The van der Waals surface area contributed by atoms with Crippen LogP contribution in [0, 0.1) is 5.41 Å². The Hall–Kier alpha value is -2.89. The number of carbonyl (C=O) groups excluding carboxylic acids is 3. The Morgan fingerprint density at radius 1 is 1.08 bits per heavy atom. The van der Waals surface area contributed by atoms with Crippen molar-refractivity contribution in [1.82, 2.24) is 0 Å². The van der Waals surface area contributed by atoms with Gasteiger partial charge in [0.15, 0.2) is 5.41 Å². The number of cyclic esters (lactones) is 1. The van der Waals surface area contributed by atoms with Gasteiger partial charge in [-0.25, -0.2) is 4.79 Å². The summed E-state index contributed by atoms with van der Waals surface area (Å²) in [6.07, 6.45) is 1.93. The van der Waals surface area contributed by atoms with Crippen molar-refractivity contribution in [1.29, 1.82) is 0 Å². The van der Waals surface area contributed by atoms with E-state index in [9.17, 15) is 14.4 Å². The van der Waals surface area contributed by atoms with E-state index < -0.39 is 23.3 Å². The van der Waals surface area contributed by atoms with Crippen molar-refractivity contribution in [3.63, 3.8) is 0 Å². The standard InChI is InChI=1S/C19H18O6/c1-23-17(21)19(18(22)24-2)9-8-13-11-25-16(20)15(14(13)10-19)12-6-4-3-5-7-12/h3-8H,9-11H2,1-2H3. The van der Waals surface area contributed by atoms with Crippen LogP contribution in [-0.2, 0) is 28.6 Å². The molecule has 0 fully saturated rings. The second kappa shape index (κ2) is 6.55. The molecule has 6 heteroatoms. The number of rotatable bonds is 3. The summed E-state index contributed by atoms with van der Waals surface area (Å²) >= 11 is 0. The van der Waals surface area contributed by atoms with Crippen LogP contribution in [0.25, 0.3) is 5.57 Å². The van der Waals surface area contributed by atoms with Crippen molar-refractivity contribution in [3.05, 3.63) is 53.1 Å². The van der Waals surface area contributed by atoms with Crippen molar-refractivity contribution in [3.8, 4) is 0 Å². The average molecular weight is 342 g/mol. The fourth-order valence-corrected chi connectivity index (χ4v) is 3.32. The Morgan fingerprint density at radius 2 is 1.72 bits per heavy atom. The van der Waals surface area contributed by atoms with Crippen molar-refractivity contribution in [2.24, 2.45) is 5.41 Å². The molecule has 0 unspecified atom stereocenters. The van der Waals surface area contributed by atoms with E-state index in [4.69, 9.17) is 14.2 Å². The molecule has 130 valence electrons. The lowest BCUT2D eigenvalue weighted by atomic mass is 9.70. The Morgan fingerprint density at radius 3 is 2.32 bits per heavy atom. The maximum absolute atomic E-state index is 12.4. The number of ether oxygens (including phenoxy) is 3. The molecule has 0 spiro atoms. The lowest BCUT2D eigenvalue weighted by molar-refractivity contribution is -0.169. The number of carbonyl (C=O) groups is 3. The lowest BCUT2D eigenvalue weighted by Gasteiger charge is -2.35. The maximum atomic E-state index is 12.4. The second-order valence-corrected chi connectivity index (χ2v) is 5.97. The monoisotopic (exact) mass is 342 g/mol. The molecular weight excluding hydrogens is 324 g/mol.